The summed E-state index contributed by atoms with van der Waals surface area (Å²) in [6.45, 7) is 0. The van der Waals surface area contributed by atoms with E-state index in [0.717, 1.165) is 6.07 Å². The minimum Gasteiger partial charge on any atom is -0.508 e. The Morgan fingerprint density at radius 1 is 1.30 bits per heavy atom. The quantitative estimate of drug-likeness (QED) is 0.752. The van der Waals surface area contributed by atoms with Crippen molar-refractivity contribution in [1.82, 2.24) is 0 Å². The predicted octanol–water partition coefficient (Wildman–Crippen LogP) is 2.41. The molecule has 0 atom stereocenters. The van der Waals surface area contributed by atoms with Crippen LogP contribution in [0.5, 0.6) is 11.5 Å². The molecule has 0 aliphatic rings. The molecule has 0 saturated heterocycles. The van der Waals surface area contributed by atoms with Gasteiger partial charge in [-0.3, -0.25) is 4.79 Å². The fourth-order valence-electron chi connectivity index (χ4n) is 1.55. The van der Waals surface area contributed by atoms with Crippen molar-refractivity contribution in [2.75, 3.05) is 12.4 Å². The molecule has 0 radical (unpaired) electrons. The molecule has 0 aliphatic heterocycles. The number of ether oxygens (including phenoxy) is 1. The first-order valence-electron chi connectivity index (χ1n) is 5.51. The van der Waals surface area contributed by atoms with Gasteiger partial charge in [0, 0.05) is 11.4 Å². The van der Waals surface area contributed by atoms with Crippen LogP contribution in [0, 0.1) is 0 Å². The summed E-state index contributed by atoms with van der Waals surface area (Å²) in [4.78, 5) is 23.4. The van der Waals surface area contributed by atoms with Crippen molar-refractivity contribution in [2.24, 2.45) is 0 Å². The molecule has 1 amide bonds. The van der Waals surface area contributed by atoms with Crippen LogP contribution < -0.4 is 10.1 Å². The van der Waals surface area contributed by atoms with E-state index in [1.54, 1.807) is 11.4 Å². The van der Waals surface area contributed by atoms with Crippen LogP contribution in [0.3, 0.4) is 0 Å². The Morgan fingerprint density at radius 2 is 2.05 bits per heavy atom. The Morgan fingerprint density at radius 3 is 2.65 bits per heavy atom. The van der Waals surface area contributed by atoms with E-state index < -0.39 is 11.9 Å². The van der Waals surface area contributed by atoms with Crippen molar-refractivity contribution < 1.29 is 24.5 Å². The van der Waals surface area contributed by atoms with Gasteiger partial charge in [0.2, 0.25) is 0 Å². The Hall–Kier alpha value is -2.54. The van der Waals surface area contributed by atoms with Crippen LogP contribution in [0.25, 0.3) is 0 Å². The summed E-state index contributed by atoms with van der Waals surface area (Å²) in [6, 6.07) is 5.27. The monoisotopic (exact) mass is 293 g/mol. The number of phenols is 1. The maximum Gasteiger partial charge on any atom is 0.337 e. The molecule has 104 valence electrons. The molecule has 6 nitrogen and oxygen atoms in total. The highest BCUT2D eigenvalue weighted by Gasteiger charge is 2.15. The summed E-state index contributed by atoms with van der Waals surface area (Å²) in [5.41, 5.74) is -0.0606. The SMILES string of the molecule is COc1csc(C(=O)Nc2ccc(O)cc2C(=O)O)c1. The molecular weight excluding hydrogens is 282 g/mol. The van der Waals surface area contributed by atoms with Gasteiger partial charge in [-0.25, -0.2) is 4.79 Å². The first-order chi connectivity index (χ1) is 9.51. The summed E-state index contributed by atoms with van der Waals surface area (Å²) in [5, 5.41) is 22.5. The second kappa shape index (κ2) is 5.62. The predicted molar refractivity (Wildman–Crippen MR) is 73.9 cm³/mol. The van der Waals surface area contributed by atoms with Gasteiger partial charge in [0.1, 0.15) is 11.5 Å². The molecule has 0 unspecified atom stereocenters. The van der Waals surface area contributed by atoms with Crippen molar-refractivity contribution >= 4 is 28.9 Å². The molecule has 0 fully saturated rings. The average molecular weight is 293 g/mol. The highest BCUT2D eigenvalue weighted by Crippen LogP contribution is 2.25. The minimum absolute atomic E-state index is 0.118. The fraction of sp³-hybridized carbons (Fsp3) is 0.0769. The number of carbonyl (C=O) groups is 2. The number of carboxylic acid groups (broad SMARTS) is 1. The third-order valence-corrected chi connectivity index (χ3v) is 3.42. The van der Waals surface area contributed by atoms with Gasteiger partial charge in [-0.05, 0) is 18.2 Å². The van der Waals surface area contributed by atoms with Gasteiger partial charge in [-0.15, -0.1) is 11.3 Å². The zero-order chi connectivity index (χ0) is 14.7. The Bertz CT molecular complexity index is 665. The number of anilines is 1. The number of amides is 1. The lowest BCUT2D eigenvalue weighted by Crippen LogP contribution is -2.13. The van der Waals surface area contributed by atoms with Gasteiger partial charge in [0.15, 0.2) is 0 Å². The molecule has 0 aliphatic carbocycles. The van der Waals surface area contributed by atoms with Crippen molar-refractivity contribution in [3.05, 3.63) is 40.1 Å². The number of hydrogen-bond acceptors (Lipinski definition) is 5. The first kappa shape index (κ1) is 13.9. The van der Waals surface area contributed by atoms with Crippen LogP contribution in [-0.2, 0) is 0 Å². The number of nitrogens with one attached hydrogen (secondary N) is 1. The van der Waals surface area contributed by atoms with E-state index in [0.29, 0.717) is 10.6 Å². The van der Waals surface area contributed by atoms with E-state index in [4.69, 9.17) is 9.84 Å². The summed E-state index contributed by atoms with van der Waals surface area (Å²) in [5.74, 6) is -1.30. The highest BCUT2D eigenvalue weighted by atomic mass is 32.1. The number of thiophene rings is 1. The molecular formula is C13H11NO5S. The van der Waals surface area contributed by atoms with Gasteiger partial charge in [0.25, 0.3) is 5.91 Å². The normalized spacial score (nSPS) is 10.1. The number of rotatable bonds is 4. The van der Waals surface area contributed by atoms with Crippen LogP contribution in [0.15, 0.2) is 29.6 Å². The number of carbonyl (C=O) groups excluding carboxylic acids is 1. The van der Waals surface area contributed by atoms with Gasteiger partial charge >= 0.3 is 5.97 Å². The molecule has 1 heterocycles. The molecule has 0 bridgehead atoms. The third-order valence-electron chi connectivity index (χ3n) is 2.52. The number of aromatic hydroxyl groups is 1. The Kier molecular flexibility index (Phi) is 3.90. The third kappa shape index (κ3) is 2.89. The number of aromatic carboxylic acids is 1. The number of carboxylic acids is 1. The van der Waals surface area contributed by atoms with Crippen molar-refractivity contribution in [1.29, 1.82) is 0 Å². The van der Waals surface area contributed by atoms with Crippen molar-refractivity contribution in [3.63, 3.8) is 0 Å². The number of phenolic OH excluding ortho intramolecular Hbond substituents is 1. The molecule has 20 heavy (non-hydrogen) atoms. The standard InChI is InChI=1S/C13H11NO5S/c1-19-8-5-11(20-6-8)12(16)14-10-3-2-7(15)4-9(10)13(17)18/h2-6,15H,1H3,(H,14,16)(H,17,18). The first-order valence-corrected chi connectivity index (χ1v) is 6.39. The van der Waals surface area contributed by atoms with Crippen molar-refractivity contribution in [3.8, 4) is 11.5 Å². The maximum atomic E-state index is 12.0. The second-order valence-corrected chi connectivity index (χ2v) is 4.75. The molecule has 1 aromatic heterocycles. The molecule has 2 rings (SSSR count). The molecule has 3 N–H and O–H groups in total. The lowest BCUT2D eigenvalue weighted by molar-refractivity contribution is 0.0697. The largest absolute Gasteiger partial charge is 0.508 e. The summed E-state index contributed by atoms with van der Waals surface area (Å²) in [7, 11) is 1.49. The molecule has 7 heteroatoms. The van der Waals surface area contributed by atoms with E-state index in [-0.39, 0.29) is 17.0 Å². The zero-order valence-electron chi connectivity index (χ0n) is 10.4. The smallest absolute Gasteiger partial charge is 0.337 e. The van der Waals surface area contributed by atoms with Gasteiger partial charge < -0.3 is 20.3 Å². The summed E-state index contributed by atoms with van der Waals surface area (Å²) in [6.07, 6.45) is 0. The zero-order valence-corrected chi connectivity index (χ0v) is 11.2. The van der Waals surface area contributed by atoms with E-state index in [2.05, 4.69) is 5.32 Å². The van der Waals surface area contributed by atoms with E-state index in [1.165, 1.54) is 30.6 Å². The van der Waals surface area contributed by atoms with E-state index in [1.807, 2.05) is 0 Å². The fourth-order valence-corrected chi connectivity index (χ4v) is 2.30. The molecule has 1 aromatic carbocycles. The highest BCUT2D eigenvalue weighted by molar-refractivity contribution is 7.12. The van der Waals surface area contributed by atoms with Crippen LogP contribution in [-0.4, -0.2) is 29.2 Å². The van der Waals surface area contributed by atoms with Gasteiger partial charge in [-0.1, -0.05) is 0 Å². The second-order valence-electron chi connectivity index (χ2n) is 3.84. The van der Waals surface area contributed by atoms with E-state index >= 15 is 0 Å². The van der Waals surface area contributed by atoms with Crippen molar-refractivity contribution in [2.45, 2.75) is 0 Å². The minimum atomic E-state index is -1.24. The molecule has 0 spiro atoms. The Balaban J connectivity index is 2.25. The average Bonchev–Trinajstić information content (AvgIpc) is 2.89. The number of benzene rings is 1. The summed E-state index contributed by atoms with van der Waals surface area (Å²) >= 11 is 1.19. The topological polar surface area (TPSA) is 95.9 Å². The van der Waals surface area contributed by atoms with Crippen LogP contribution in [0.2, 0.25) is 0 Å². The number of methoxy groups -OCH3 is 1. The van der Waals surface area contributed by atoms with Crippen LogP contribution in [0.4, 0.5) is 5.69 Å². The summed E-state index contributed by atoms with van der Waals surface area (Å²) < 4.78 is 4.98. The lowest BCUT2D eigenvalue weighted by atomic mass is 10.1. The van der Waals surface area contributed by atoms with Gasteiger partial charge in [0.05, 0.1) is 23.2 Å². The van der Waals surface area contributed by atoms with Crippen LogP contribution in [0.1, 0.15) is 20.0 Å². The maximum absolute atomic E-state index is 12.0. The van der Waals surface area contributed by atoms with Crippen LogP contribution >= 0.6 is 11.3 Å². The molecule has 0 saturated carbocycles. The van der Waals surface area contributed by atoms with E-state index in [9.17, 15) is 14.7 Å². The van der Waals surface area contributed by atoms with Gasteiger partial charge in [-0.2, -0.15) is 0 Å². The lowest BCUT2D eigenvalue weighted by Gasteiger charge is -2.07. The number of hydrogen-bond donors (Lipinski definition) is 3. The Labute approximate surface area is 118 Å². The molecule has 2 aromatic rings.